The standard InChI is InChI=1S/C19H33N3O6/c1-3-5-7-9-11-21-17(26)15(16(25)20-13-14(23)24)18(27)22(19(21)28)12-10-8-6-4-2/h19,26,28H,3-13H2,1-2H3,(H,20,25)(H,23,24). The highest BCUT2D eigenvalue weighted by atomic mass is 16.4. The van der Waals surface area contributed by atoms with Crippen molar-refractivity contribution < 1.29 is 29.7 Å². The summed E-state index contributed by atoms with van der Waals surface area (Å²) in [6.07, 6.45) is 5.77. The Labute approximate surface area is 166 Å². The summed E-state index contributed by atoms with van der Waals surface area (Å²) in [5.41, 5.74) is -0.530. The molecule has 0 saturated heterocycles. The van der Waals surface area contributed by atoms with Crippen molar-refractivity contribution in [3.63, 3.8) is 0 Å². The summed E-state index contributed by atoms with van der Waals surface area (Å²) < 4.78 is 0. The first-order valence-corrected chi connectivity index (χ1v) is 10.0. The largest absolute Gasteiger partial charge is 0.494 e. The van der Waals surface area contributed by atoms with E-state index in [-0.39, 0.29) is 13.1 Å². The number of unbranched alkanes of at least 4 members (excludes halogenated alkanes) is 6. The third-order valence-corrected chi connectivity index (χ3v) is 4.66. The van der Waals surface area contributed by atoms with Gasteiger partial charge in [0.1, 0.15) is 6.54 Å². The van der Waals surface area contributed by atoms with Crippen LogP contribution in [0, 0.1) is 0 Å². The first kappa shape index (κ1) is 23.7. The van der Waals surface area contributed by atoms with Crippen molar-refractivity contribution in [2.45, 2.75) is 71.6 Å². The number of nitrogens with one attached hydrogen (secondary N) is 1. The zero-order chi connectivity index (χ0) is 21.1. The van der Waals surface area contributed by atoms with E-state index in [9.17, 15) is 24.6 Å². The number of aliphatic hydroxyl groups is 2. The first-order chi connectivity index (χ1) is 13.3. The number of aliphatic hydroxyl groups excluding tert-OH is 2. The first-order valence-electron chi connectivity index (χ1n) is 10.0. The van der Waals surface area contributed by atoms with Gasteiger partial charge in [0, 0.05) is 13.1 Å². The molecule has 1 rings (SSSR count). The molecule has 28 heavy (non-hydrogen) atoms. The molecule has 9 heteroatoms. The number of carboxylic acid groups (broad SMARTS) is 1. The Morgan fingerprint density at radius 1 is 0.964 bits per heavy atom. The Bertz CT molecular complexity index is 578. The van der Waals surface area contributed by atoms with E-state index in [2.05, 4.69) is 19.2 Å². The van der Waals surface area contributed by atoms with Gasteiger partial charge >= 0.3 is 5.97 Å². The van der Waals surface area contributed by atoms with Crippen LogP contribution in [0.25, 0.3) is 0 Å². The molecule has 160 valence electrons. The van der Waals surface area contributed by atoms with Crippen molar-refractivity contribution in [2.24, 2.45) is 0 Å². The SMILES string of the molecule is CCCCCCN1C(=O)C(C(=O)NCC(=O)O)=C(O)N(CCCCCC)C1O. The highest BCUT2D eigenvalue weighted by Crippen LogP contribution is 2.24. The Morgan fingerprint density at radius 3 is 2.00 bits per heavy atom. The molecule has 0 spiro atoms. The average Bonchev–Trinajstić information content (AvgIpc) is 2.65. The van der Waals surface area contributed by atoms with E-state index in [1.165, 1.54) is 4.90 Å². The highest BCUT2D eigenvalue weighted by molar-refractivity contribution is 6.19. The Kier molecular flexibility index (Phi) is 10.4. The molecule has 0 aromatic rings. The summed E-state index contributed by atoms with van der Waals surface area (Å²) in [6, 6.07) is 0. The van der Waals surface area contributed by atoms with E-state index in [1.807, 2.05) is 0 Å². The normalized spacial score (nSPS) is 17.2. The van der Waals surface area contributed by atoms with Gasteiger partial charge < -0.3 is 20.6 Å². The van der Waals surface area contributed by atoms with Gasteiger partial charge in [0.2, 0.25) is 12.2 Å². The van der Waals surface area contributed by atoms with E-state index in [1.54, 1.807) is 0 Å². The monoisotopic (exact) mass is 399 g/mol. The van der Waals surface area contributed by atoms with Crippen LogP contribution in [0.3, 0.4) is 0 Å². The van der Waals surface area contributed by atoms with E-state index in [4.69, 9.17) is 5.11 Å². The number of amides is 2. The van der Waals surface area contributed by atoms with Gasteiger partial charge in [0.25, 0.3) is 11.8 Å². The fourth-order valence-corrected chi connectivity index (χ4v) is 3.06. The van der Waals surface area contributed by atoms with Crippen LogP contribution in [0.2, 0.25) is 0 Å². The number of nitrogens with zero attached hydrogens (tertiary/aromatic N) is 2. The molecule has 1 aliphatic rings. The number of hydrogen-bond acceptors (Lipinski definition) is 6. The minimum atomic E-state index is -1.35. The number of aliphatic carboxylic acids is 1. The topological polar surface area (TPSA) is 130 Å². The maximum absolute atomic E-state index is 12.7. The molecule has 1 unspecified atom stereocenters. The number of rotatable bonds is 13. The summed E-state index contributed by atoms with van der Waals surface area (Å²) >= 11 is 0. The third kappa shape index (κ3) is 6.70. The highest BCUT2D eigenvalue weighted by Gasteiger charge is 2.41. The van der Waals surface area contributed by atoms with Crippen LogP contribution in [0.1, 0.15) is 65.2 Å². The zero-order valence-electron chi connectivity index (χ0n) is 16.8. The number of carbonyl (C=O) groups is 3. The molecule has 9 nitrogen and oxygen atoms in total. The van der Waals surface area contributed by atoms with Crippen molar-refractivity contribution in [2.75, 3.05) is 19.6 Å². The van der Waals surface area contributed by atoms with Crippen LogP contribution in [0.15, 0.2) is 11.5 Å². The molecule has 0 aromatic carbocycles. The molecule has 2 amide bonds. The van der Waals surface area contributed by atoms with E-state index in [0.717, 1.165) is 43.4 Å². The van der Waals surface area contributed by atoms with Gasteiger partial charge in [-0.1, -0.05) is 52.4 Å². The van der Waals surface area contributed by atoms with Crippen molar-refractivity contribution >= 4 is 17.8 Å². The van der Waals surface area contributed by atoms with Gasteiger partial charge in [0.15, 0.2) is 5.57 Å². The van der Waals surface area contributed by atoms with E-state index < -0.39 is 42.1 Å². The second-order valence-corrected chi connectivity index (χ2v) is 6.93. The number of carbonyl (C=O) groups excluding carboxylic acids is 2. The Hall–Kier alpha value is -2.29. The fraction of sp³-hybridized carbons (Fsp3) is 0.737. The van der Waals surface area contributed by atoms with Crippen LogP contribution in [-0.2, 0) is 14.4 Å². The van der Waals surface area contributed by atoms with Crippen LogP contribution >= 0.6 is 0 Å². The predicted octanol–water partition coefficient (Wildman–Crippen LogP) is 1.54. The Morgan fingerprint density at radius 2 is 1.50 bits per heavy atom. The Balaban J connectivity index is 3.01. The van der Waals surface area contributed by atoms with Gasteiger partial charge in [-0.05, 0) is 12.8 Å². The third-order valence-electron chi connectivity index (χ3n) is 4.66. The van der Waals surface area contributed by atoms with E-state index >= 15 is 0 Å². The van der Waals surface area contributed by atoms with Gasteiger partial charge in [0.05, 0.1) is 0 Å². The fourth-order valence-electron chi connectivity index (χ4n) is 3.06. The van der Waals surface area contributed by atoms with Crippen LogP contribution in [0.5, 0.6) is 0 Å². The molecule has 0 bridgehead atoms. The van der Waals surface area contributed by atoms with Crippen molar-refractivity contribution in [3.8, 4) is 0 Å². The lowest BCUT2D eigenvalue weighted by atomic mass is 10.1. The van der Waals surface area contributed by atoms with Crippen LogP contribution in [0.4, 0.5) is 0 Å². The summed E-state index contributed by atoms with van der Waals surface area (Å²) in [6.45, 7) is 3.98. The molecule has 0 fully saturated rings. The van der Waals surface area contributed by atoms with Crippen molar-refractivity contribution in [1.29, 1.82) is 0 Å². The maximum atomic E-state index is 12.7. The lowest BCUT2D eigenvalue weighted by Crippen LogP contribution is -2.57. The van der Waals surface area contributed by atoms with Gasteiger partial charge in [-0.2, -0.15) is 0 Å². The van der Waals surface area contributed by atoms with Crippen LogP contribution < -0.4 is 5.32 Å². The molecule has 1 atom stereocenters. The molecular formula is C19H33N3O6. The van der Waals surface area contributed by atoms with E-state index in [0.29, 0.717) is 12.8 Å². The molecule has 0 saturated carbocycles. The summed E-state index contributed by atoms with van der Waals surface area (Å²) in [4.78, 5) is 38.1. The second kappa shape index (κ2) is 12.2. The number of hydrogen-bond donors (Lipinski definition) is 4. The molecule has 0 aliphatic carbocycles. The minimum absolute atomic E-state index is 0.244. The molecule has 4 N–H and O–H groups in total. The van der Waals surface area contributed by atoms with Gasteiger partial charge in [-0.15, -0.1) is 0 Å². The zero-order valence-corrected chi connectivity index (χ0v) is 16.8. The molecular weight excluding hydrogens is 366 g/mol. The lowest BCUT2D eigenvalue weighted by Gasteiger charge is -2.41. The summed E-state index contributed by atoms with van der Waals surface area (Å²) in [5, 5.41) is 31.9. The number of carboxylic acids is 1. The predicted molar refractivity (Wildman–Crippen MR) is 103 cm³/mol. The van der Waals surface area contributed by atoms with Crippen molar-refractivity contribution in [3.05, 3.63) is 11.5 Å². The molecule has 0 aromatic heterocycles. The maximum Gasteiger partial charge on any atom is 0.322 e. The quantitative estimate of drug-likeness (QED) is 0.273. The lowest BCUT2D eigenvalue weighted by molar-refractivity contribution is -0.164. The van der Waals surface area contributed by atoms with Gasteiger partial charge in [-0.25, -0.2) is 0 Å². The molecule has 1 heterocycles. The van der Waals surface area contributed by atoms with Gasteiger partial charge in [-0.3, -0.25) is 24.2 Å². The van der Waals surface area contributed by atoms with Crippen LogP contribution in [-0.4, -0.2) is 68.9 Å². The summed E-state index contributed by atoms with van der Waals surface area (Å²) in [5.74, 6) is -3.63. The molecule has 0 radical (unpaired) electrons. The summed E-state index contributed by atoms with van der Waals surface area (Å²) in [7, 11) is 0. The van der Waals surface area contributed by atoms with Crippen molar-refractivity contribution in [1.82, 2.24) is 15.1 Å². The molecule has 1 aliphatic heterocycles. The smallest absolute Gasteiger partial charge is 0.322 e. The minimum Gasteiger partial charge on any atom is -0.494 e. The second-order valence-electron chi connectivity index (χ2n) is 6.93. The average molecular weight is 399 g/mol.